The number of nitrogens with zero attached hydrogens (tertiary/aromatic N) is 2. The molecule has 1 amide bonds. The van der Waals surface area contributed by atoms with Gasteiger partial charge in [-0.1, -0.05) is 0 Å². The second-order valence-electron chi connectivity index (χ2n) is 6.84. The lowest BCUT2D eigenvalue weighted by atomic mass is 10.1. The molecule has 2 heterocycles. The maximum Gasteiger partial charge on any atom is 0.267 e. The number of ether oxygens (including phenoxy) is 4. The van der Waals surface area contributed by atoms with Crippen LogP contribution in [0.1, 0.15) is 13.0 Å². The second kappa shape index (κ2) is 8.39. The second-order valence-corrected chi connectivity index (χ2v) is 6.84. The van der Waals surface area contributed by atoms with Gasteiger partial charge in [0.05, 0.1) is 19.9 Å². The quantitative estimate of drug-likeness (QED) is 0.651. The highest BCUT2D eigenvalue weighted by Crippen LogP contribution is 2.35. The fourth-order valence-electron chi connectivity index (χ4n) is 3.15. The van der Waals surface area contributed by atoms with Crippen LogP contribution < -0.4 is 29.8 Å². The lowest BCUT2D eigenvalue weighted by Gasteiger charge is -2.16. The molecule has 0 saturated carbocycles. The Labute approximate surface area is 178 Å². The molecule has 31 heavy (non-hydrogen) atoms. The van der Waals surface area contributed by atoms with Crippen LogP contribution in [0, 0.1) is 0 Å². The summed E-state index contributed by atoms with van der Waals surface area (Å²) in [5.41, 5.74) is 1.35. The highest BCUT2D eigenvalue weighted by Gasteiger charge is 2.20. The number of aromatic nitrogens is 2. The number of nitrogens with one attached hydrogen (secondary N) is 1. The molecule has 160 valence electrons. The molecule has 9 heteroatoms. The molecule has 1 unspecified atom stereocenters. The first-order valence-electron chi connectivity index (χ1n) is 9.52. The van der Waals surface area contributed by atoms with Gasteiger partial charge >= 0.3 is 0 Å². The van der Waals surface area contributed by atoms with Crippen LogP contribution in [-0.2, 0) is 4.79 Å². The maximum atomic E-state index is 12.8. The number of hydrogen-bond donors (Lipinski definition) is 1. The Hall–Kier alpha value is -4.01. The molecular formula is C22H21N3O6. The number of benzene rings is 2. The highest BCUT2D eigenvalue weighted by atomic mass is 16.7. The van der Waals surface area contributed by atoms with Gasteiger partial charge < -0.3 is 24.3 Å². The van der Waals surface area contributed by atoms with Crippen LogP contribution in [0.25, 0.3) is 11.3 Å². The van der Waals surface area contributed by atoms with Crippen LogP contribution in [-0.4, -0.2) is 36.7 Å². The molecule has 0 spiro atoms. The zero-order valence-electron chi connectivity index (χ0n) is 17.2. The van der Waals surface area contributed by atoms with Crippen molar-refractivity contribution < 1.29 is 23.7 Å². The lowest BCUT2D eigenvalue weighted by Crippen LogP contribution is -2.33. The minimum absolute atomic E-state index is 0.165. The van der Waals surface area contributed by atoms with Gasteiger partial charge in [-0.2, -0.15) is 5.10 Å². The largest absolute Gasteiger partial charge is 0.497 e. The Balaban J connectivity index is 1.60. The van der Waals surface area contributed by atoms with Crippen molar-refractivity contribution in [1.82, 2.24) is 9.78 Å². The highest BCUT2D eigenvalue weighted by molar-refractivity contribution is 5.93. The third-order valence-electron chi connectivity index (χ3n) is 4.86. The SMILES string of the molecule is COc1cc(NC(=O)C(C)n2nc(-c3ccc4c(c3)OCO4)ccc2=O)cc(OC)c1. The molecule has 0 saturated heterocycles. The summed E-state index contributed by atoms with van der Waals surface area (Å²) in [5, 5.41) is 7.17. The molecule has 2 aromatic carbocycles. The van der Waals surface area contributed by atoms with Gasteiger partial charge in [-0.25, -0.2) is 4.68 Å². The Morgan fingerprint density at radius 1 is 1.03 bits per heavy atom. The molecular weight excluding hydrogens is 402 g/mol. The summed E-state index contributed by atoms with van der Waals surface area (Å²) in [4.78, 5) is 25.3. The summed E-state index contributed by atoms with van der Waals surface area (Å²) in [5.74, 6) is 1.91. The van der Waals surface area contributed by atoms with E-state index in [1.165, 1.54) is 20.3 Å². The van der Waals surface area contributed by atoms with Gasteiger partial charge in [0.25, 0.3) is 5.56 Å². The van der Waals surface area contributed by atoms with E-state index in [1.54, 1.807) is 43.3 Å². The zero-order chi connectivity index (χ0) is 22.0. The first-order chi connectivity index (χ1) is 15.0. The Kier molecular flexibility index (Phi) is 5.48. The van der Waals surface area contributed by atoms with Gasteiger partial charge in [0.15, 0.2) is 11.5 Å². The molecule has 0 aliphatic carbocycles. The van der Waals surface area contributed by atoms with E-state index < -0.39 is 17.5 Å². The molecule has 0 fully saturated rings. The van der Waals surface area contributed by atoms with Gasteiger partial charge in [-0.15, -0.1) is 0 Å². The number of carbonyl (C=O) groups is 1. The van der Waals surface area contributed by atoms with Gasteiger partial charge in [0.2, 0.25) is 12.7 Å². The predicted molar refractivity (Wildman–Crippen MR) is 113 cm³/mol. The summed E-state index contributed by atoms with van der Waals surface area (Å²) in [6.07, 6.45) is 0. The van der Waals surface area contributed by atoms with Crippen molar-refractivity contribution in [2.45, 2.75) is 13.0 Å². The fourth-order valence-corrected chi connectivity index (χ4v) is 3.15. The molecule has 1 N–H and O–H groups in total. The third kappa shape index (κ3) is 4.16. The van der Waals surface area contributed by atoms with E-state index in [4.69, 9.17) is 18.9 Å². The van der Waals surface area contributed by atoms with Crippen molar-refractivity contribution in [2.75, 3.05) is 26.3 Å². The number of fused-ring (bicyclic) bond motifs is 1. The van der Waals surface area contributed by atoms with E-state index in [0.717, 1.165) is 10.2 Å². The first-order valence-corrected chi connectivity index (χ1v) is 9.52. The van der Waals surface area contributed by atoms with Gasteiger partial charge in [-0.3, -0.25) is 9.59 Å². The summed E-state index contributed by atoms with van der Waals surface area (Å²) in [6.45, 7) is 1.77. The average molecular weight is 423 g/mol. The molecule has 0 bridgehead atoms. The number of hydrogen-bond acceptors (Lipinski definition) is 7. The van der Waals surface area contributed by atoms with E-state index in [0.29, 0.717) is 34.4 Å². The number of methoxy groups -OCH3 is 2. The van der Waals surface area contributed by atoms with Crippen LogP contribution in [0.4, 0.5) is 5.69 Å². The van der Waals surface area contributed by atoms with Crippen molar-refractivity contribution in [1.29, 1.82) is 0 Å². The standard InChI is InChI=1S/C22H21N3O6/c1-13(22(27)23-15-9-16(28-2)11-17(10-15)29-3)25-21(26)7-5-18(24-25)14-4-6-19-20(8-14)31-12-30-19/h4-11,13H,12H2,1-3H3,(H,23,27). The van der Waals surface area contributed by atoms with Crippen molar-refractivity contribution in [3.63, 3.8) is 0 Å². The smallest absolute Gasteiger partial charge is 0.267 e. The van der Waals surface area contributed by atoms with E-state index >= 15 is 0 Å². The first kappa shape index (κ1) is 20.3. The van der Waals surface area contributed by atoms with Crippen molar-refractivity contribution >= 4 is 11.6 Å². The summed E-state index contributed by atoms with van der Waals surface area (Å²) < 4.78 is 22.3. The average Bonchev–Trinajstić information content (AvgIpc) is 3.26. The van der Waals surface area contributed by atoms with Crippen molar-refractivity contribution in [3.05, 3.63) is 58.9 Å². The molecule has 1 aliphatic heterocycles. The molecule has 0 radical (unpaired) electrons. The Morgan fingerprint density at radius 3 is 2.45 bits per heavy atom. The Morgan fingerprint density at radius 2 is 1.74 bits per heavy atom. The molecule has 1 atom stereocenters. The molecule has 9 nitrogen and oxygen atoms in total. The number of amides is 1. The van der Waals surface area contributed by atoms with Gasteiger partial charge in [-0.05, 0) is 31.2 Å². The lowest BCUT2D eigenvalue weighted by molar-refractivity contribution is -0.119. The Bertz CT molecular complexity index is 1170. The van der Waals surface area contributed by atoms with E-state index in [2.05, 4.69) is 10.4 Å². The van der Waals surface area contributed by atoms with Crippen molar-refractivity contribution in [3.8, 4) is 34.3 Å². The predicted octanol–water partition coefficient (Wildman–Crippen LogP) is 2.86. The van der Waals surface area contributed by atoms with Crippen LogP contribution in [0.5, 0.6) is 23.0 Å². The topological polar surface area (TPSA) is 101 Å². The minimum Gasteiger partial charge on any atom is -0.497 e. The van der Waals surface area contributed by atoms with Gasteiger partial charge in [0, 0.05) is 35.5 Å². The zero-order valence-corrected chi connectivity index (χ0v) is 17.2. The molecule has 3 aromatic rings. The van der Waals surface area contributed by atoms with Crippen LogP contribution in [0.2, 0.25) is 0 Å². The van der Waals surface area contributed by atoms with E-state index in [-0.39, 0.29) is 6.79 Å². The molecule has 4 rings (SSSR count). The third-order valence-corrected chi connectivity index (χ3v) is 4.86. The van der Waals surface area contributed by atoms with Crippen LogP contribution in [0.3, 0.4) is 0 Å². The fraction of sp³-hybridized carbons (Fsp3) is 0.227. The minimum atomic E-state index is -0.862. The molecule has 1 aliphatic rings. The van der Waals surface area contributed by atoms with Crippen LogP contribution >= 0.6 is 0 Å². The summed E-state index contributed by atoms with van der Waals surface area (Å²) in [7, 11) is 3.04. The van der Waals surface area contributed by atoms with E-state index in [1.807, 2.05) is 6.07 Å². The van der Waals surface area contributed by atoms with E-state index in [9.17, 15) is 9.59 Å². The molecule has 1 aromatic heterocycles. The van der Waals surface area contributed by atoms with Crippen molar-refractivity contribution in [2.24, 2.45) is 0 Å². The maximum absolute atomic E-state index is 12.8. The number of rotatable bonds is 6. The number of carbonyl (C=O) groups excluding carboxylic acids is 1. The summed E-state index contributed by atoms with van der Waals surface area (Å²) in [6, 6.07) is 12.5. The monoisotopic (exact) mass is 423 g/mol. The summed E-state index contributed by atoms with van der Waals surface area (Å²) >= 11 is 0. The number of anilines is 1. The van der Waals surface area contributed by atoms with Crippen LogP contribution in [0.15, 0.2) is 53.3 Å². The normalized spacial score (nSPS) is 12.9. The van der Waals surface area contributed by atoms with Gasteiger partial charge in [0.1, 0.15) is 17.5 Å².